The highest BCUT2D eigenvalue weighted by Crippen LogP contribution is 2.52. The summed E-state index contributed by atoms with van der Waals surface area (Å²) in [5.41, 5.74) is -0.246. The van der Waals surface area contributed by atoms with Crippen molar-refractivity contribution in [1.82, 2.24) is 4.90 Å². The van der Waals surface area contributed by atoms with Crippen molar-refractivity contribution in [3.63, 3.8) is 0 Å². The Balaban J connectivity index is 1.37. The van der Waals surface area contributed by atoms with Crippen molar-refractivity contribution in [3.05, 3.63) is 24.3 Å². The van der Waals surface area contributed by atoms with Crippen LogP contribution in [0.1, 0.15) is 12.8 Å². The fourth-order valence-electron chi connectivity index (χ4n) is 5.45. The number of carbonyl (C=O) groups is 2. The number of hydrogen-bond acceptors (Lipinski definition) is 7. The maximum Gasteiger partial charge on any atom is 0.231 e. The molecule has 4 aliphatic heterocycles. The zero-order valence-electron chi connectivity index (χ0n) is 18.5. The molecule has 5 atom stereocenters. The minimum absolute atomic E-state index is 0.0441. The van der Waals surface area contributed by atoms with Crippen LogP contribution < -0.4 is 19.5 Å². The zero-order chi connectivity index (χ0) is 22.5. The summed E-state index contributed by atoms with van der Waals surface area (Å²) in [6, 6.07) is 3.33. The molecule has 4 unspecified atom stereocenters. The van der Waals surface area contributed by atoms with E-state index < -0.39 is 23.5 Å². The smallest absolute Gasteiger partial charge is 0.231 e. The number of anilines is 1. The van der Waals surface area contributed by atoms with E-state index in [1.165, 1.54) is 21.3 Å². The number of amides is 2. The molecule has 9 heteroatoms. The molecule has 0 aromatic heterocycles. The van der Waals surface area contributed by atoms with Crippen LogP contribution in [0.15, 0.2) is 24.3 Å². The van der Waals surface area contributed by atoms with Gasteiger partial charge in [0.2, 0.25) is 17.6 Å². The maximum absolute atomic E-state index is 13.4. The molecule has 0 saturated carbocycles. The van der Waals surface area contributed by atoms with Gasteiger partial charge in [-0.25, -0.2) is 0 Å². The van der Waals surface area contributed by atoms with E-state index in [0.29, 0.717) is 36.0 Å². The lowest BCUT2D eigenvalue weighted by Gasteiger charge is -2.24. The van der Waals surface area contributed by atoms with E-state index in [1.54, 1.807) is 17.0 Å². The van der Waals surface area contributed by atoms with Crippen LogP contribution in [-0.2, 0) is 19.1 Å². The molecular formula is C23H28N2O7. The summed E-state index contributed by atoms with van der Waals surface area (Å²) in [4.78, 5) is 28.5. The van der Waals surface area contributed by atoms with Crippen LogP contribution in [-0.4, -0.2) is 75.5 Å². The molecule has 4 heterocycles. The summed E-state index contributed by atoms with van der Waals surface area (Å²) >= 11 is 0. The van der Waals surface area contributed by atoms with E-state index in [0.717, 1.165) is 19.4 Å². The molecule has 32 heavy (non-hydrogen) atoms. The highest BCUT2D eigenvalue weighted by Gasteiger charge is 2.66. The third kappa shape index (κ3) is 3.22. The molecule has 0 radical (unpaired) electrons. The van der Waals surface area contributed by atoms with Crippen LogP contribution >= 0.6 is 0 Å². The Kier molecular flexibility index (Phi) is 5.25. The second kappa shape index (κ2) is 7.97. The molecule has 2 amide bonds. The first-order valence-corrected chi connectivity index (χ1v) is 10.9. The van der Waals surface area contributed by atoms with Crippen molar-refractivity contribution in [2.75, 3.05) is 46.3 Å². The Bertz CT molecular complexity index is 933. The second-order valence-corrected chi connectivity index (χ2v) is 8.66. The van der Waals surface area contributed by atoms with Gasteiger partial charge in [-0.1, -0.05) is 12.2 Å². The lowest BCUT2D eigenvalue weighted by molar-refractivity contribution is -0.136. The average molecular weight is 444 g/mol. The quantitative estimate of drug-likeness (QED) is 0.639. The number of benzene rings is 1. The van der Waals surface area contributed by atoms with Crippen molar-refractivity contribution in [2.24, 2.45) is 11.8 Å². The average Bonchev–Trinajstić information content (AvgIpc) is 3.56. The van der Waals surface area contributed by atoms with Crippen LogP contribution in [0, 0.1) is 11.8 Å². The molecule has 1 spiro atoms. The summed E-state index contributed by atoms with van der Waals surface area (Å²) in [6.45, 7) is 1.73. The maximum atomic E-state index is 13.4. The summed E-state index contributed by atoms with van der Waals surface area (Å²) in [7, 11) is 4.55. The predicted octanol–water partition coefficient (Wildman–Crippen LogP) is 1.61. The molecule has 1 N–H and O–H groups in total. The molecular weight excluding hydrogens is 416 g/mol. The summed E-state index contributed by atoms with van der Waals surface area (Å²) < 4.78 is 28.0. The zero-order valence-corrected chi connectivity index (χ0v) is 18.5. The van der Waals surface area contributed by atoms with E-state index in [2.05, 4.69) is 5.32 Å². The third-order valence-corrected chi connectivity index (χ3v) is 6.86. The largest absolute Gasteiger partial charge is 0.493 e. The number of ether oxygens (including phenoxy) is 5. The van der Waals surface area contributed by atoms with Crippen LogP contribution in [0.25, 0.3) is 0 Å². The summed E-state index contributed by atoms with van der Waals surface area (Å²) in [5, 5.41) is 2.92. The SMILES string of the molecule is COc1cc(NC(=O)C2C3C=C[C@@]4(CN(CC5CCCO5)C(=O)C24)O3)cc(OC)c1OC. The van der Waals surface area contributed by atoms with E-state index in [9.17, 15) is 9.59 Å². The lowest BCUT2D eigenvalue weighted by Crippen LogP contribution is -2.42. The predicted molar refractivity (Wildman–Crippen MR) is 114 cm³/mol. The number of carbonyl (C=O) groups excluding carboxylic acids is 2. The molecule has 172 valence electrons. The Morgan fingerprint density at radius 2 is 1.97 bits per heavy atom. The molecule has 0 aliphatic carbocycles. The first kappa shape index (κ1) is 21.1. The first-order valence-electron chi connectivity index (χ1n) is 10.9. The fourth-order valence-corrected chi connectivity index (χ4v) is 5.45. The molecule has 5 rings (SSSR count). The van der Waals surface area contributed by atoms with Crippen molar-refractivity contribution in [1.29, 1.82) is 0 Å². The molecule has 2 bridgehead atoms. The minimum atomic E-state index is -0.738. The van der Waals surface area contributed by atoms with Crippen LogP contribution in [0.5, 0.6) is 17.2 Å². The number of rotatable bonds is 7. The van der Waals surface area contributed by atoms with Gasteiger partial charge in [0.25, 0.3) is 0 Å². The molecule has 4 aliphatic rings. The van der Waals surface area contributed by atoms with Crippen molar-refractivity contribution in [2.45, 2.75) is 30.7 Å². The van der Waals surface area contributed by atoms with Gasteiger partial charge >= 0.3 is 0 Å². The standard InChI is InChI=1S/C23H28N2O7/c1-28-16-9-13(10-17(29-2)20(16)30-3)24-21(26)18-15-6-7-23(32-15)12-25(22(27)19(18)23)11-14-5-4-8-31-14/h6-7,9-10,14-15,18-19H,4-5,8,11-12H2,1-3H3,(H,24,26)/t14?,15?,18?,19?,23-/m0/s1. The number of likely N-dealkylation sites (tertiary alicyclic amines) is 1. The van der Waals surface area contributed by atoms with Gasteiger partial charge < -0.3 is 33.9 Å². The highest BCUT2D eigenvalue weighted by atomic mass is 16.5. The fraction of sp³-hybridized carbons (Fsp3) is 0.565. The van der Waals surface area contributed by atoms with Gasteiger partial charge in [-0.05, 0) is 12.8 Å². The lowest BCUT2D eigenvalue weighted by atomic mass is 9.77. The molecule has 3 saturated heterocycles. The van der Waals surface area contributed by atoms with E-state index in [4.69, 9.17) is 23.7 Å². The highest BCUT2D eigenvalue weighted by molar-refractivity contribution is 5.99. The van der Waals surface area contributed by atoms with Gasteiger partial charge in [-0.2, -0.15) is 0 Å². The topological polar surface area (TPSA) is 95.6 Å². The number of nitrogens with zero attached hydrogens (tertiary/aromatic N) is 1. The Hall–Kier alpha value is -2.78. The first-order chi connectivity index (χ1) is 15.5. The Morgan fingerprint density at radius 3 is 2.59 bits per heavy atom. The molecule has 1 aromatic rings. The van der Waals surface area contributed by atoms with Crippen LogP contribution in [0.2, 0.25) is 0 Å². The molecule has 9 nitrogen and oxygen atoms in total. The van der Waals surface area contributed by atoms with Crippen molar-refractivity contribution < 1.29 is 33.3 Å². The number of methoxy groups -OCH3 is 3. The van der Waals surface area contributed by atoms with Gasteiger partial charge in [0, 0.05) is 31.0 Å². The summed E-state index contributed by atoms with van der Waals surface area (Å²) in [6.07, 6.45) is 5.46. The van der Waals surface area contributed by atoms with Gasteiger partial charge in [0.05, 0.1) is 51.9 Å². The van der Waals surface area contributed by atoms with Gasteiger partial charge in [0.1, 0.15) is 5.60 Å². The minimum Gasteiger partial charge on any atom is -0.493 e. The van der Waals surface area contributed by atoms with E-state index in [1.807, 2.05) is 12.2 Å². The van der Waals surface area contributed by atoms with Gasteiger partial charge in [-0.15, -0.1) is 0 Å². The Morgan fingerprint density at radius 1 is 1.22 bits per heavy atom. The summed E-state index contributed by atoms with van der Waals surface area (Å²) in [5.74, 6) is -0.161. The van der Waals surface area contributed by atoms with Gasteiger partial charge in [-0.3, -0.25) is 9.59 Å². The van der Waals surface area contributed by atoms with Crippen molar-refractivity contribution in [3.8, 4) is 17.2 Å². The molecule has 1 aromatic carbocycles. The van der Waals surface area contributed by atoms with Gasteiger partial charge in [0.15, 0.2) is 11.5 Å². The molecule has 3 fully saturated rings. The number of nitrogens with one attached hydrogen (secondary N) is 1. The van der Waals surface area contributed by atoms with Crippen molar-refractivity contribution >= 4 is 17.5 Å². The van der Waals surface area contributed by atoms with E-state index >= 15 is 0 Å². The van der Waals surface area contributed by atoms with Crippen LogP contribution in [0.3, 0.4) is 0 Å². The van der Waals surface area contributed by atoms with Crippen LogP contribution in [0.4, 0.5) is 5.69 Å². The number of fused-ring (bicyclic) bond motifs is 1. The number of hydrogen-bond donors (Lipinski definition) is 1. The second-order valence-electron chi connectivity index (χ2n) is 8.66. The monoisotopic (exact) mass is 444 g/mol. The normalized spacial score (nSPS) is 32.3. The third-order valence-electron chi connectivity index (χ3n) is 6.86. The Labute approximate surface area is 186 Å². The van der Waals surface area contributed by atoms with E-state index in [-0.39, 0.29) is 17.9 Å².